The molecule has 2 aliphatic rings. The summed E-state index contributed by atoms with van der Waals surface area (Å²) in [5, 5.41) is 11.5. The third-order valence-corrected chi connectivity index (χ3v) is 6.08. The maximum absolute atomic E-state index is 12.9. The summed E-state index contributed by atoms with van der Waals surface area (Å²) in [7, 11) is 0. The van der Waals surface area contributed by atoms with E-state index in [1.165, 1.54) is 0 Å². The Morgan fingerprint density at radius 3 is 2.06 bits per heavy atom. The minimum Gasteiger partial charge on any atom is -0.481 e. The van der Waals surface area contributed by atoms with E-state index in [0.29, 0.717) is 0 Å². The van der Waals surface area contributed by atoms with E-state index in [9.17, 15) is 24.0 Å². The molecule has 3 amide bonds. The maximum atomic E-state index is 12.9. The van der Waals surface area contributed by atoms with Crippen LogP contribution in [0, 0.1) is 0 Å². The molecule has 2 aromatic rings. The molecule has 180 valence electrons. The number of hydrogen-bond donors (Lipinski definition) is 2. The van der Waals surface area contributed by atoms with Gasteiger partial charge in [-0.2, -0.15) is 0 Å². The third kappa shape index (κ3) is 5.29. The quantitative estimate of drug-likeness (QED) is 0.396. The molecule has 0 radical (unpaired) electrons. The Labute approximate surface area is 201 Å². The number of amides is 3. The average Bonchev–Trinajstić information content (AvgIpc) is 3.34. The van der Waals surface area contributed by atoms with Gasteiger partial charge in [-0.05, 0) is 28.7 Å². The Balaban J connectivity index is 1.40. The largest absolute Gasteiger partial charge is 0.481 e. The fourth-order valence-corrected chi connectivity index (χ4v) is 4.35. The van der Waals surface area contributed by atoms with E-state index >= 15 is 0 Å². The maximum Gasteiger partial charge on any atom is 0.328 e. The summed E-state index contributed by atoms with van der Waals surface area (Å²) in [6, 6.07) is 14.5. The number of hydrogen-bond acceptors (Lipinski definition) is 6. The summed E-state index contributed by atoms with van der Waals surface area (Å²) in [4.78, 5) is 60.6. The number of aliphatic carboxylic acids is 1. The van der Waals surface area contributed by atoms with Crippen LogP contribution in [0.5, 0.6) is 0 Å². The lowest BCUT2D eigenvalue weighted by molar-refractivity contribution is -0.149. The summed E-state index contributed by atoms with van der Waals surface area (Å²) in [6.07, 6.45) is 1.52. The molecule has 0 saturated carbocycles. The van der Waals surface area contributed by atoms with Crippen LogP contribution in [0.25, 0.3) is 11.1 Å². The van der Waals surface area contributed by atoms with Crippen LogP contribution in [0.1, 0.15) is 36.3 Å². The van der Waals surface area contributed by atoms with E-state index < -0.39 is 35.7 Å². The van der Waals surface area contributed by atoms with Crippen molar-refractivity contribution in [1.29, 1.82) is 0 Å². The molecule has 0 bridgehead atoms. The van der Waals surface area contributed by atoms with Crippen molar-refractivity contribution in [2.24, 2.45) is 0 Å². The molecule has 9 heteroatoms. The standard InChI is InChI=1S/C26H24N2O7/c29-22(13-14-28-23(30)10-11-24(28)31)27-21(9-12-25(32)33)26(34)35-15-20-18-7-3-1-5-16(18)17-6-2-4-8-19(17)20/h1-8,10-11,20-21H,9,12-15H2,(H,27,29)(H,32,33)/t21-/m0/s1. The number of imide groups is 1. The molecular formula is C26H24N2O7. The van der Waals surface area contributed by atoms with Gasteiger partial charge < -0.3 is 15.2 Å². The monoisotopic (exact) mass is 476 g/mol. The number of benzene rings is 2. The predicted molar refractivity (Wildman–Crippen MR) is 124 cm³/mol. The van der Waals surface area contributed by atoms with Crippen LogP contribution in [0.2, 0.25) is 0 Å². The minimum atomic E-state index is -1.17. The Kier molecular flexibility index (Phi) is 7.05. The van der Waals surface area contributed by atoms with E-state index in [-0.39, 0.29) is 38.3 Å². The number of fused-ring (bicyclic) bond motifs is 3. The van der Waals surface area contributed by atoms with Gasteiger partial charge in [-0.15, -0.1) is 0 Å². The van der Waals surface area contributed by atoms with E-state index in [2.05, 4.69) is 5.32 Å². The van der Waals surface area contributed by atoms with Crippen LogP contribution in [0.15, 0.2) is 60.7 Å². The molecule has 1 aliphatic heterocycles. The molecule has 4 rings (SSSR count). The van der Waals surface area contributed by atoms with Crippen LogP contribution < -0.4 is 5.32 Å². The molecule has 2 aromatic carbocycles. The molecular weight excluding hydrogens is 452 g/mol. The van der Waals surface area contributed by atoms with Crippen LogP contribution in [-0.4, -0.2) is 58.9 Å². The fourth-order valence-electron chi connectivity index (χ4n) is 4.35. The van der Waals surface area contributed by atoms with Crippen molar-refractivity contribution in [2.75, 3.05) is 13.2 Å². The summed E-state index contributed by atoms with van der Waals surface area (Å²) >= 11 is 0. The predicted octanol–water partition coefficient (Wildman–Crippen LogP) is 2.01. The number of ether oxygens (including phenoxy) is 1. The van der Waals surface area contributed by atoms with Gasteiger partial charge in [0.05, 0.1) is 0 Å². The lowest BCUT2D eigenvalue weighted by Crippen LogP contribution is -2.44. The Bertz CT molecular complexity index is 1160. The van der Waals surface area contributed by atoms with Gasteiger partial charge in [-0.3, -0.25) is 24.1 Å². The van der Waals surface area contributed by atoms with Gasteiger partial charge in [0.15, 0.2) is 0 Å². The number of esters is 1. The van der Waals surface area contributed by atoms with Crippen molar-refractivity contribution < 1.29 is 33.8 Å². The molecule has 0 spiro atoms. The molecule has 0 unspecified atom stereocenters. The number of carboxylic acid groups (broad SMARTS) is 1. The number of carbonyl (C=O) groups excluding carboxylic acids is 4. The first-order valence-corrected chi connectivity index (χ1v) is 11.2. The van der Waals surface area contributed by atoms with Crippen LogP contribution in [-0.2, 0) is 28.7 Å². The summed E-state index contributed by atoms with van der Waals surface area (Å²) in [6.45, 7) is -0.110. The SMILES string of the molecule is O=C(O)CC[C@H](NC(=O)CCN1C(=O)C=CC1=O)C(=O)OCC1c2ccccc2-c2ccccc21. The minimum absolute atomic E-state index is 0.0365. The average molecular weight is 476 g/mol. The van der Waals surface area contributed by atoms with Crippen molar-refractivity contribution in [3.63, 3.8) is 0 Å². The highest BCUT2D eigenvalue weighted by Gasteiger charge is 2.31. The van der Waals surface area contributed by atoms with Crippen molar-refractivity contribution >= 4 is 29.7 Å². The van der Waals surface area contributed by atoms with E-state index in [0.717, 1.165) is 39.3 Å². The van der Waals surface area contributed by atoms with E-state index in [1.807, 2.05) is 48.5 Å². The van der Waals surface area contributed by atoms with Crippen LogP contribution >= 0.6 is 0 Å². The van der Waals surface area contributed by atoms with Gasteiger partial charge in [0.25, 0.3) is 11.8 Å². The molecule has 1 atom stereocenters. The van der Waals surface area contributed by atoms with Crippen molar-refractivity contribution in [3.05, 3.63) is 71.8 Å². The smallest absolute Gasteiger partial charge is 0.328 e. The van der Waals surface area contributed by atoms with Gasteiger partial charge in [0, 0.05) is 37.5 Å². The first-order chi connectivity index (χ1) is 16.8. The van der Waals surface area contributed by atoms with Gasteiger partial charge in [0.1, 0.15) is 12.6 Å². The van der Waals surface area contributed by atoms with Gasteiger partial charge in [-0.25, -0.2) is 4.79 Å². The first kappa shape index (κ1) is 23.9. The summed E-state index contributed by atoms with van der Waals surface area (Å²) in [5.41, 5.74) is 4.20. The molecule has 0 aromatic heterocycles. The second-order valence-corrected chi connectivity index (χ2v) is 8.32. The van der Waals surface area contributed by atoms with Gasteiger partial charge in [0.2, 0.25) is 5.91 Å². The molecule has 1 heterocycles. The second kappa shape index (κ2) is 10.3. The normalized spacial score (nSPS) is 15.0. The zero-order valence-electron chi connectivity index (χ0n) is 18.8. The lowest BCUT2D eigenvalue weighted by Gasteiger charge is -2.20. The van der Waals surface area contributed by atoms with Crippen LogP contribution in [0.3, 0.4) is 0 Å². The zero-order valence-corrected chi connectivity index (χ0v) is 18.8. The number of carbonyl (C=O) groups is 5. The highest BCUT2D eigenvalue weighted by atomic mass is 16.5. The highest BCUT2D eigenvalue weighted by Crippen LogP contribution is 2.44. The fraction of sp³-hybridized carbons (Fsp3) is 0.269. The van der Waals surface area contributed by atoms with Gasteiger partial charge in [-0.1, -0.05) is 48.5 Å². The highest BCUT2D eigenvalue weighted by molar-refractivity contribution is 6.13. The molecule has 2 N–H and O–H groups in total. The molecule has 9 nitrogen and oxygen atoms in total. The Morgan fingerprint density at radius 1 is 0.914 bits per heavy atom. The summed E-state index contributed by atoms with van der Waals surface area (Å²) < 4.78 is 5.57. The van der Waals surface area contributed by atoms with Crippen LogP contribution in [0.4, 0.5) is 0 Å². The summed E-state index contributed by atoms with van der Waals surface area (Å²) in [5.74, 6) is -3.65. The Hall–Kier alpha value is -4.27. The van der Waals surface area contributed by atoms with Crippen molar-refractivity contribution in [3.8, 4) is 11.1 Å². The number of nitrogens with one attached hydrogen (secondary N) is 1. The number of rotatable bonds is 10. The van der Waals surface area contributed by atoms with Crippen molar-refractivity contribution in [1.82, 2.24) is 10.2 Å². The molecule has 1 aliphatic carbocycles. The van der Waals surface area contributed by atoms with Gasteiger partial charge >= 0.3 is 11.9 Å². The topological polar surface area (TPSA) is 130 Å². The number of nitrogens with zero attached hydrogens (tertiary/aromatic N) is 1. The second-order valence-electron chi connectivity index (χ2n) is 8.32. The lowest BCUT2D eigenvalue weighted by atomic mass is 9.98. The zero-order chi connectivity index (χ0) is 24.9. The van der Waals surface area contributed by atoms with Crippen molar-refractivity contribution in [2.45, 2.75) is 31.2 Å². The molecule has 0 fully saturated rings. The Morgan fingerprint density at radius 2 is 1.49 bits per heavy atom. The molecule has 0 saturated heterocycles. The first-order valence-electron chi connectivity index (χ1n) is 11.2. The number of carboxylic acids is 1. The third-order valence-electron chi connectivity index (χ3n) is 6.08. The van der Waals surface area contributed by atoms with E-state index in [4.69, 9.17) is 9.84 Å². The molecule has 35 heavy (non-hydrogen) atoms. The van der Waals surface area contributed by atoms with E-state index in [1.54, 1.807) is 0 Å².